The van der Waals surface area contributed by atoms with Gasteiger partial charge in [0, 0.05) is 23.7 Å². The Balaban J connectivity index is 1.87. The molecule has 0 aliphatic heterocycles. The van der Waals surface area contributed by atoms with Crippen molar-refractivity contribution in [3.05, 3.63) is 33.2 Å². The first-order valence-corrected chi connectivity index (χ1v) is 8.61. The van der Waals surface area contributed by atoms with Gasteiger partial charge >= 0.3 is 0 Å². The van der Waals surface area contributed by atoms with Crippen molar-refractivity contribution in [2.24, 2.45) is 17.1 Å². The van der Waals surface area contributed by atoms with Gasteiger partial charge in [-0.25, -0.2) is 0 Å². The molecule has 1 heterocycles. The molecule has 0 saturated heterocycles. The van der Waals surface area contributed by atoms with E-state index in [0.717, 1.165) is 19.3 Å². The summed E-state index contributed by atoms with van der Waals surface area (Å²) in [6.07, 6.45) is 3.95. The van der Waals surface area contributed by atoms with Crippen LogP contribution in [0.15, 0.2) is 10.9 Å². The SMILES string of the molecule is CC1(C)CC(=O)c2cc(C(=O)NC3CCCC3CN)c(=O)[nH]c2C1. The maximum atomic E-state index is 12.5. The zero-order valence-corrected chi connectivity index (χ0v) is 14.3. The van der Waals surface area contributed by atoms with Gasteiger partial charge in [0.1, 0.15) is 5.56 Å². The van der Waals surface area contributed by atoms with E-state index in [1.807, 2.05) is 13.8 Å². The van der Waals surface area contributed by atoms with Gasteiger partial charge in [-0.2, -0.15) is 0 Å². The number of rotatable bonds is 3. The van der Waals surface area contributed by atoms with Crippen LogP contribution in [0.4, 0.5) is 0 Å². The predicted molar refractivity (Wildman–Crippen MR) is 91.1 cm³/mol. The van der Waals surface area contributed by atoms with Gasteiger partial charge in [-0.1, -0.05) is 20.3 Å². The number of fused-ring (bicyclic) bond motifs is 1. The highest BCUT2D eigenvalue weighted by atomic mass is 16.2. The normalized spacial score (nSPS) is 25.4. The van der Waals surface area contributed by atoms with Crippen LogP contribution in [0.5, 0.6) is 0 Å². The number of aromatic amines is 1. The molecule has 130 valence electrons. The van der Waals surface area contributed by atoms with Crippen LogP contribution in [0.25, 0.3) is 0 Å². The molecule has 1 aromatic heterocycles. The van der Waals surface area contributed by atoms with Gasteiger partial charge in [-0.05, 0) is 43.2 Å². The molecule has 3 rings (SSSR count). The average Bonchev–Trinajstić information content (AvgIpc) is 2.92. The minimum absolute atomic E-state index is 0.00701. The zero-order chi connectivity index (χ0) is 17.5. The number of amides is 1. The topological polar surface area (TPSA) is 105 Å². The molecule has 4 N–H and O–H groups in total. The highest BCUT2D eigenvalue weighted by Crippen LogP contribution is 2.33. The third kappa shape index (κ3) is 3.15. The number of Topliss-reactive ketones (excluding diaryl/α,β-unsaturated/α-hetero) is 1. The first kappa shape index (κ1) is 16.9. The molecule has 1 aromatic rings. The van der Waals surface area contributed by atoms with E-state index in [4.69, 9.17) is 5.73 Å². The van der Waals surface area contributed by atoms with Crippen molar-refractivity contribution < 1.29 is 9.59 Å². The van der Waals surface area contributed by atoms with Gasteiger partial charge in [-0.3, -0.25) is 14.4 Å². The van der Waals surface area contributed by atoms with Crippen LogP contribution in [0.3, 0.4) is 0 Å². The van der Waals surface area contributed by atoms with Crippen molar-refractivity contribution in [2.45, 2.75) is 52.0 Å². The summed E-state index contributed by atoms with van der Waals surface area (Å²) in [5, 5.41) is 2.92. The Kier molecular flexibility index (Phi) is 4.34. The zero-order valence-electron chi connectivity index (χ0n) is 14.3. The van der Waals surface area contributed by atoms with Crippen LogP contribution in [-0.4, -0.2) is 29.3 Å². The Bertz CT molecular complexity index is 736. The number of aromatic nitrogens is 1. The van der Waals surface area contributed by atoms with Gasteiger partial charge in [0.25, 0.3) is 11.5 Å². The third-order valence-electron chi connectivity index (χ3n) is 5.24. The molecule has 0 bridgehead atoms. The Morgan fingerprint density at radius 3 is 2.79 bits per heavy atom. The molecular formula is C18H25N3O3. The second-order valence-electron chi connectivity index (χ2n) is 7.85. The first-order valence-electron chi connectivity index (χ1n) is 8.61. The Morgan fingerprint density at radius 2 is 2.08 bits per heavy atom. The standard InChI is InChI=1S/C18H25N3O3/c1-18(2)7-14-11(15(22)8-18)6-12(17(24)21-14)16(23)20-13-5-3-4-10(13)9-19/h6,10,13H,3-5,7-9,19H2,1-2H3,(H,20,23)(H,21,24). The van der Waals surface area contributed by atoms with E-state index in [9.17, 15) is 14.4 Å². The summed E-state index contributed by atoms with van der Waals surface area (Å²) in [7, 11) is 0. The predicted octanol–water partition coefficient (Wildman–Crippen LogP) is 1.39. The number of ketones is 1. The van der Waals surface area contributed by atoms with Crippen LogP contribution < -0.4 is 16.6 Å². The largest absolute Gasteiger partial charge is 0.349 e. The fourth-order valence-corrected chi connectivity index (χ4v) is 3.95. The van der Waals surface area contributed by atoms with E-state index in [1.54, 1.807) is 0 Å². The summed E-state index contributed by atoms with van der Waals surface area (Å²) in [4.78, 5) is 40.0. The minimum Gasteiger partial charge on any atom is -0.349 e. The van der Waals surface area contributed by atoms with Crippen molar-refractivity contribution in [3.8, 4) is 0 Å². The van der Waals surface area contributed by atoms with Crippen molar-refractivity contribution in [3.63, 3.8) is 0 Å². The van der Waals surface area contributed by atoms with Crippen molar-refractivity contribution in [1.82, 2.24) is 10.3 Å². The summed E-state index contributed by atoms with van der Waals surface area (Å²) >= 11 is 0. The third-order valence-corrected chi connectivity index (χ3v) is 5.24. The molecular weight excluding hydrogens is 306 g/mol. The number of nitrogens with one attached hydrogen (secondary N) is 2. The molecule has 2 aliphatic carbocycles. The quantitative estimate of drug-likeness (QED) is 0.778. The van der Waals surface area contributed by atoms with E-state index in [2.05, 4.69) is 10.3 Å². The summed E-state index contributed by atoms with van der Waals surface area (Å²) in [6.45, 7) is 4.53. The molecule has 0 spiro atoms. The molecule has 2 unspecified atom stereocenters. The number of hydrogen-bond donors (Lipinski definition) is 3. The molecule has 1 saturated carbocycles. The Labute approximate surface area is 141 Å². The number of hydrogen-bond acceptors (Lipinski definition) is 4. The highest BCUT2D eigenvalue weighted by Gasteiger charge is 2.33. The molecule has 2 atom stereocenters. The lowest BCUT2D eigenvalue weighted by Crippen LogP contribution is -2.42. The molecule has 6 nitrogen and oxygen atoms in total. The number of nitrogens with two attached hydrogens (primary N) is 1. The monoisotopic (exact) mass is 331 g/mol. The van der Waals surface area contributed by atoms with Gasteiger partial charge in [0.05, 0.1) is 0 Å². The number of carbonyl (C=O) groups excluding carboxylic acids is 2. The fourth-order valence-electron chi connectivity index (χ4n) is 3.95. The number of carbonyl (C=O) groups is 2. The molecule has 6 heteroatoms. The van der Waals surface area contributed by atoms with E-state index in [-0.39, 0.29) is 28.7 Å². The number of pyridine rings is 1. The van der Waals surface area contributed by atoms with Crippen molar-refractivity contribution >= 4 is 11.7 Å². The van der Waals surface area contributed by atoms with Crippen LogP contribution in [0, 0.1) is 11.3 Å². The molecule has 0 aromatic carbocycles. The van der Waals surface area contributed by atoms with E-state index < -0.39 is 11.5 Å². The molecule has 1 fully saturated rings. The van der Waals surface area contributed by atoms with Crippen molar-refractivity contribution in [1.29, 1.82) is 0 Å². The van der Waals surface area contributed by atoms with Gasteiger partial charge < -0.3 is 16.0 Å². The second kappa shape index (κ2) is 6.16. The van der Waals surface area contributed by atoms with Crippen LogP contribution >= 0.6 is 0 Å². The maximum absolute atomic E-state index is 12.5. The number of H-pyrrole nitrogens is 1. The maximum Gasteiger partial charge on any atom is 0.261 e. The van der Waals surface area contributed by atoms with Gasteiger partial charge in [-0.15, -0.1) is 0 Å². The lowest BCUT2D eigenvalue weighted by molar-refractivity contribution is 0.0910. The summed E-state index contributed by atoms with van der Waals surface area (Å²) in [6, 6.07) is 1.47. The molecule has 24 heavy (non-hydrogen) atoms. The van der Waals surface area contributed by atoms with Crippen molar-refractivity contribution in [2.75, 3.05) is 6.54 Å². The minimum atomic E-state index is -0.431. The van der Waals surface area contributed by atoms with Crippen LogP contribution in [0.2, 0.25) is 0 Å². The lowest BCUT2D eigenvalue weighted by Gasteiger charge is -2.29. The Morgan fingerprint density at radius 1 is 1.33 bits per heavy atom. The smallest absolute Gasteiger partial charge is 0.261 e. The molecule has 1 amide bonds. The van der Waals surface area contributed by atoms with E-state index >= 15 is 0 Å². The Hall–Kier alpha value is -1.95. The van der Waals surface area contributed by atoms with Gasteiger partial charge in [0.15, 0.2) is 5.78 Å². The lowest BCUT2D eigenvalue weighted by atomic mass is 9.75. The fraction of sp³-hybridized carbons (Fsp3) is 0.611. The molecule has 0 radical (unpaired) electrons. The van der Waals surface area contributed by atoms with Crippen LogP contribution in [-0.2, 0) is 6.42 Å². The highest BCUT2D eigenvalue weighted by molar-refractivity contribution is 6.02. The molecule has 2 aliphatic rings. The van der Waals surface area contributed by atoms with Gasteiger partial charge in [0.2, 0.25) is 0 Å². The van der Waals surface area contributed by atoms with Crippen LogP contribution in [0.1, 0.15) is 65.9 Å². The van der Waals surface area contributed by atoms with E-state index in [1.165, 1.54) is 6.07 Å². The second-order valence-corrected chi connectivity index (χ2v) is 7.85. The summed E-state index contributed by atoms with van der Waals surface area (Å²) < 4.78 is 0. The van der Waals surface area contributed by atoms with E-state index in [0.29, 0.717) is 30.6 Å². The summed E-state index contributed by atoms with van der Waals surface area (Å²) in [5.41, 5.74) is 6.26. The first-order chi connectivity index (χ1) is 11.3. The average molecular weight is 331 g/mol. The summed E-state index contributed by atoms with van der Waals surface area (Å²) in [5.74, 6) is -0.178.